The summed E-state index contributed by atoms with van der Waals surface area (Å²) >= 11 is 0. The molecule has 1 aliphatic heterocycles. The first-order chi connectivity index (χ1) is 12.8. The van der Waals surface area contributed by atoms with E-state index in [9.17, 15) is 4.79 Å². The molecular formula is C20H29N5O2. The Hall–Kier alpha value is -2.70. The zero-order valence-electron chi connectivity index (χ0n) is 16.4. The van der Waals surface area contributed by atoms with E-state index in [1.165, 1.54) is 10.9 Å². The predicted molar refractivity (Wildman–Crippen MR) is 108 cm³/mol. The lowest BCUT2D eigenvalue weighted by atomic mass is 10.1. The summed E-state index contributed by atoms with van der Waals surface area (Å²) in [6.07, 6.45) is 2.61. The van der Waals surface area contributed by atoms with Crippen LogP contribution in [0.5, 0.6) is 0 Å². The minimum Gasteiger partial charge on any atom is -0.444 e. The van der Waals surface area contributed by atoms with Crippen LogP contribution in [0.2, 0.25) is 0 Å². The normalized spacial score (nSPS) is 16.0. The number of aliphatic imine (C=N–C) groups is 1. The third kappa shape index (κ3) is 4.93. The van der Waals surface area contributed by atoms with Crippen molar-refractivity contribution in [1.82, 2.24) is 14.8 Å². The molecule has 1 amide bonds. The van der Waals surface area contributed by atoms with Gasteiger partial charge in [0.25, 0.3) is 0 Å². The number of nitrogens with one attached hydrogen (secondary N) is 1. The molecule has 0 saturated carbocycles. The van der Waals surface area contributed by atoms with Crippen molar-refractivity contribution in [2.24, 2.45) is 10.7 Å². The number of para-hydroxylation sites is 1. The Morgan fingerprint density at radius 3 is 2.56 bits per heavy atom. The van der Waals surface area contributed by atoms with Gasteiger partial charge < -0.3 is 25.3 Å². The van der Waals surface area contributed by atoms with E-state index < -0.39 is 5.60 Å². The monoisotopic (exact) mass is 371 g/mol. The van der Waals surface area contributed by atoms with E-state index in [1.807, 2.05) is 44.0 Å². The molecule has 0 radical (unpaired) electrons. The molecule has 3 rings (SSSR count). The van der Waals surface area contributed by atoms with E-state index >= 15 is 0 Å². The van der Waals surface area contributed by atoms with E-state index in [2.05, 4.69) is 22.1 Å². The highest BCUT2D eigenvalue weighted by atomic mass is 16.6. The zero-order chi connectivity index (χ0) is 19.4. The van der Waals surface area contributed by atoms with Gasteiger partial charge in [0.1, 0.15) is 5.60 Å². The second-order valence-electron chi connectivity index (χ2n) is 7.80. The largest absolute Gasteiger partial charge is 0.444 e. The van der Waals surface area contributed by atoms with Crippen molar-refractivity contribution in [1.29, 1.82) is 0 Å². The number of guanidine groups is 1. The van der Waals surface area contributed by atoms with Gasteiger partial charge in [0.05, 0.1) is 0 Å². The van der Waals surface area contributed by atoms with Crippen LogP contribution < -0.4 is 5.73 Å². The van der Waals surface area contributed by atoms with E-state index in [1.54, 1.807) is 4.90 Å². The number of aromatic amines is 1. The maximum Gasteiger partial charge on any atom is 0.410 e. The van der Waals surface area contributed by atoms with Gasteiger partial charge >= 0.3 is 6.09 Å². The molecule has 1 saturated heterocycles. The standard InChI is InChI=1S/C20H29N5O2/c1-20(2,3)27-19(26)25-12-10-24(11-13-25)18(21)22-9-8-15-14-23-17-7-5-4-6-16(15)17/h4-7,14,23H,8-13H2,1-3H3,(H2,21,22). The van der Waals surface area contributed by atoms with Gasteiger partial charge in [0, 0.05) is 49.8 Å². The van der Waals surface area contributed by atoms with Crippen LogP contribution in [0.15, 0.2) is 35.5 Å². The van der Waals surface area contributed by atoms with Gasteiger partial charge in [-0.15, -0.1) is 0 Å². The van der Waals surface area contributed by atoms with Crippen molar-refractivity contribution in [2.75, 3.05) is 32.7 Å². The molecule has 1 fully saturated rings. The number of ether oxygens (including phenoxy) is 1. The molecule has 2 aromatic rings. The van der Waals surface area contributed by atoms with Crippen LogP contribution in [0.25, 0.3) is 10.9 Å². The molecule has 0 bridgehead atoms. The summed E-state index contributed by atoms with van der Waals surface area (Å²) < 4.78 is 5.42. The number of piperazine rings is 1. The summed E-state index contributed by atoms with van der Waals surface area (Å²) in [5.74, 6) is 0.540. The molecule has 7 heteroatoms. The van der Waals surface area contributed by atoms with Gasteiger partial charge in [-0.1, -0.05) is 18.2 Å². The maximum absolute atomic E-state index is 12.1. The average Bonchev–Trinajstić information content (AvgIpc) is 3.04. The van der Waals surface area contributed by atoms with Crippen LogP contribution in [0.4, 0.5) is 4.79 Å². The second-order valence-corrected chi connectivity index (χ2v) is 7.80. The fraction of sp³-hybridized carbons (Fsp3) is 0.500. The highest BCUT2D eigenvalue weighted by Crippen LogP contribution is 2.18. The minimum atomic E-state index is -0.475. The Balaban J connectivity index is 1.49. The number of amides is 1. The fourth-order valence-electron chi connectivity index (χ4n) is 3.17. The number of hydrogen-bond acceptors (Lipinski definition) is 3. The van der Waals surface area contributed by atoms with Crippen molar-refractivity contribution in [2.45, 2.75) is 32.8 Å². The van der Waals surface area contributed by atoms with E-state index in [0.29, 0.717) is 38.7 Å². The molecule has 0 spiro atoms. The molecule has 146 valence electrons. The smallest absolute Gasteiger partial charge is 0.410 e. The highest BCUT2D eigenvalue weighted by Gasteiger charge is 2.26. The lowest BCUT2D eigenvalue weighted by molar-refractivity contribution is 0.0186. The van der Waals surface area contributed by atoms with Crippen molar-refractivity contribution >= 4 is 23.0 Å². The predicted octanol–water partition coefficient (Wildman–Crippen LogP) is 2.58. The topological polar surface area (TPSA) is 86.9 Å². The Kier molecular flexibility index (Phi) is 5.58. The number of carbonyl (C=O) groups is 1. The van der Waals surface area contributed by atoms with Crippen molar-refractivity contribution in [3.8, 4) is 0 Å². The molecule has 0 aliphatic carbocycles. The minimum absolute atomic E-state index is 0.267. The maximum atomic E-state index is 12.1. The molecule has 3 N–H and O–H groups in total. The first kappa shape index (κ1) is 19.1. The number of rotatable bonds is 3. The molecule has 1 aromatic heterocycles. The van der Waals surface area contributed by atoms with Gasteiger partial charge in [-0.3, -0.25) is 4.99 Å². The number of nitrogens with zero attached hydrogens (tertiary/aromatic N) is 3. The quantitative estimate of drug-likeness (QED) is 0.641. The summed E-state index contributed by atoms with van der Waals surface area (Å²) in [7, 11) is 0. The third-order valence-electron chi connectivity index (χ3n) is 4.59. The average molecular weight is 371 g/mol. The molecule has 0 atom stereocenters. The van der Waals surface area contributed by atoms with E-state index in [-0.39, 0.29) is 6.09 Å². The summed E-state index contributed by atoms with van der Waals surface area (Å²) in [6.45, 7) is 8.78. The van der Waals surface area contributed by atoms with Crippen LogP contribution in [-0.4, -0.2) is 65.2 Å². The number of aromatic nitrogens is 1. The zero-order valence-corrected chi connectivity index (χ0v) is 16.4. The van der Waals surface area contributed by atoms with Crippen LogP contribution in [0, 0.1) is 0 Å². The summed E-state index contributed by atoms with van der Waals surface area (Å²) in [5.41, 5.74) is 8.07. The van der Waals surface area contributed by atoms with E-state index in [0.717, 1.165) is 11.9 Å². The molecule has 0 unspecified atom stereocenters. The van der Waals surface area contributed by atoms with Crippen LogP contribution in [0.3, 0.4) is 0 Å². The number of hydrogen-bond donors (Lipinski definition) is 2. The first-order valence-electron chi connectivity index (χ1n) is 9.41. The van der Waals surface area contributed by atoms with E-state index in [4.69, 9.17) is 10.5 Å². The Morgan fingerprint density at radius 1 is 1.19 bits per heavy atom. The first-order valence-corrected chi connectivity index (χ1v) is 9.41. The van der Waals surface area contributed by atoms with Crippen LogP contribution in [0.1, 0.15) is 26.3 Å². The van der Waals surface area contributed by atoms with Crippen LogP contribution >= 0.6 is 0 Å². The summed E-state index contributed by atoms with van der Waals surface area (Å²) in [5, 5.41) is 1.23. The number of carbonyl (C=O) groups excluding carboxylic acids is 1. The Bertz CT molecular complexity index is 813. The Morgan fingerprint density at radius 2 is 1.85 bits per heavy atom. The van der Waals surface area contributed by atoms with Crippen molar-refractivity contribution in [3.05, 3.63) is 36.0 Å². The Labute approximate surface area is 160 Å². The van der Waals surface area contributed by atoms with Crippen molar-refractivity contribution in [3.63, 3.8) is 0 Å². The third-order valence-corrected chi connectivity index (χ3v) is 4.59. The summed E-state index contributed by atoms with van der Waals surface area (Å²) in [6, 6.07) is 8.25. The molecule has 27 heavy (non-hydrogen) atoms. The van der Waals surface area contributed by atoms with Gasteiger partial charge in [-0.25, -0.2) is 4.79 Å². The lowest BCUT2D eigenvalue weighted by Gasteiger charge is -2.36. The number of H-pyrrole nitrogens is 1. The van der Waals surface area contributed by atoms with Gasteiger partial charge in [0.2, 0.25) is 0 Å². The number of benzene rings is 1. The van der Waals surface area contributed by atoms with Crippen molar-refractivity contribution < 1.29 is 9.53 Å². The molecule has 1 aromatic carbocycles. The lowest BCUT2D eigenvalue weighted by Crippen LogP contribution is -2.53. The molecule has 2 heterocycles. The summed E-state index contributed by atoms with van der Waals surface area (Å²) in [4.78, 5) is 23.7. The molecular weight excluding hydrogens is 342 g/mol. The van der Waals surface area contributed by atoms with Crippen LogP contribution in [-0.2, 0) is 11.2 Å². The van der Waals surface area contributed by atoms with Gasteiger partial charge in [0.15, 0.2) is 5.96 Å². The second kappa shape index (κ2) is 7.90. The highest BCUT2D eigenvalue weighted by molar-refractivity contribution is 5.83. The number of nitrogens with two attached hydrogens (primary N) is 1. The fourth-order valence-corrected chi connectivity index (χ4v) is 3.17. The number of fused-ring (bicyclic) bond motifs is 1. The van der Waals surface area contributed by atoms with Gasteiger partial charge in [-0.05, 0) is 38.8 Å². The van der Waals surface area contributed by atoms with Gasteiger partial charge in [-0.2, -0.15) is 0 Å². The SMILES string of the molecule is CC(C)(C)OC(=O)N1CCN(C(N)=NCCc2c[nH]c3ccccc23)CC1. The molecule has 1 aliphatic rings. The molecule has 7 nitrogen and oxygen atoms in total.